The third kappa shape index (κ3) is 3.31. The van der Waals surface area contributed by atoms with Gasteiger partial charge in [-0.25, -0.2) is 0 Å². The first-order valence-corrected chi connectivity index (χ1v) is 8.03. The quantitative estimate of drug-likeness (QED) is 0.588. The highest BCUT2D eigenvalue weighted by Gasteiger charge is 2.09. The molecule has 1 amide bonds. The summed E-state index contributed by atoms with van der Waals surface area (Å²) < 4.78 is 18.9. The zero-order chi connectivity index (χ0) is 17.1. The van der Waals surface area contributed by atoms with Crippen LogP contribution in [0.2, 0.25) is 0 Å². The molecule has 0 atom stereocenters. The zero-order valence-electron chi connectivity index (χ0n) is 12.7. The van der Waals surface area contributed by atoms with Crippen molar-refractivity contribution in [3.05, 3.63) is 48.9 Å². The van der Waals surface area contributed by atoms with Gasteiger partial charge in [0.2, 0.25) is 12.3 Å². The summed E-state index contributed by atoms with van der Waals surface area (Å²) in [5.74, 6) is 0.711. The third-order valence-electron chi connectivity index (χ3n) is 3.39. The number of carbonyl (C=O) groups is 1. The predicted octanol–water partition coefficient (Wildman–Crippen LogP) is 2.76. The Labute approximate surface area is 145 Å². The fraction of sp³-hybridized carbons (Fsp3) is 0.0625. The van der Waals surface area contributed by atoms with E-state index in [1.807, 2.05) is 12.1 Å². The van der Waals surface area contributed by atoms with Gasteiger partial charge in [-0.1, -0.05) is 6.07 Å². The standard InChI is InChI=1S/C16H11N5O3S/c22-14(18-12-2-1-3-13-15(12)21-25-20-13)8-23-11-6-4-10(5-7-11)16-19-17-9-24-16/h1-7,9H,8H2,(H,18,22). The van der Waals surface area contributed by atoms with Gasteiger partial charge in [-0.3, -0.25) is 4.79 Å². The van der Waals surface area contributed by atoms with Crippen LogP contribution in [0.15, 0.2) is 53.3 Å². The zero-order valence-corrected chi connectivity index (χ0v) is 13.6. The highest BCUT2D eigenvalue weighted by atomic mass is 32.1. The van der Waals surface area contributed by atoms with Gasteiger partial charge in [0.1, 0.15) is 16.8 Å². The Morgan fingerprint density at radius 2 is 2.04 bits per heavy atom. The number of nitrogens with zero attached hydrogens (tertiary/aromatic N) is 4. The van der Waals surface area contributed by atoms with Crippen LogP contribution in [0.4, 0.5) is 5.69 Å². The number of hydrogen-bond donors (Lipinski definition) is 1. The van der Waals surface area contributed by atoms with Gasteiger partial charge in [-0.05, 0) is 36.4 Å². The Balaban J connectivity index is 1.38. The van der Waals surface area contributed by atoms with Gasteiger partial charge in [-0.15, -0.1) is 10.2 Å². The van der Waals surface area contributed by atoms with Gasteiger partial charge in [-0.2, -0.15) is 8.75 Å². The average molecular weight is 353 g/mol. The molecule has 0 spiro atoms. The van der Waals surface area contributed by atoms with Crippen molar-refractivity contribution in [2.75, 3.05) is 11.9 Å². The van der Waals surface area contributed by atoms with E-state index in [0.29, 0.717) is 22.8 Å². The van der Waals surface area contributed by atoms with Crippen molar-refractivity contribution >= 4 is 34.4 Å². The van der Waals surface area contributed by atoms with Gasteiger partial charge in [0, 0.05) is 5.56 Å². The van der Waals surface area contributed by atoms with E-state index in [4.69, 9.17) is 9.15 Å². The minimum atomic E-state index is -0.276. The van der Waals surface area contributed by atoms with E-state index in [-0.39, 0.29) is 12.5 Å². The van der Waals surface area contributed by atoms with Crippen LogP contribution in [-0.4, -0.2) is 31.5 Å². The predicted molar refractivity (Wildman–Crippen MR) is 91.3 cm³/mol. The second-order valence-electron chi connectivity index (χ2n) is 5.04. The molecule has 0 aliphatic heterocycles. The lowest BCUT2D eigenvalue weighted by atomic mass is 10.2. The molecule has 0 unspecified atom stereocenters. The van der Waals surface area contributed by atoms with Crippen molar-refractivity contribution in [2.24, 2.45) is 0 Å². The first-order chi connectivity index (χ1) is 12.3. The molecule has 4 rings (SSSR count). The number of fused-ring (bicyclic) bond motifs is 1. The lowest BCUT2D eigenvalue weighted by Crippen LogP contribution is -2.20. The topological polar surface area (TPSA) is 103 Å². The molecule has 0 bridgehead atoms. The molecule has 0 fully saturated rings. The third-order valence-corrected chi connectivity index (χ3v) is 3.93. The molecule has 0 radical (unpaired) electrons. The Morgan fingerprint density at radius 3 is 2.84 bits per heavy atom. The maximum Gasteiger partial charge on any atom is 0.262 e. The molecule has 0 saturated heterocycles. The summed E-state index contributed by atoms with van der Waals surface area (Å²) in [4.78, 5) is 12.1. The summed E-state index contributed by atoms with van der Waals surface area (Å²) in [6.45, 7) is -0.117. The molecule has 25 heavy (non-hydrogen) atoms. The molecular weight excluding hydrogens is 342 g/mol. The lowest BCUT2D eigenvalue weighted by molar-refractivity contribution is -0.118. The van der Waals surface area contributed by atoms with Crippen molar-refractivity contribution in [2.45, 2.75) is 0 Å². The Kier molecular flexibility index (Phi) is 4.05. The summed E-state index contributed by atoms with van der Waals surface area (Å²) in [5, 5.41) is 10.2. The van der Waals surface area contributed by atoms with Crippen molar-refractivity contribution in [1.82, 2.24) is 18.9 Å². The minimum Gasteiger partial charge on any atom is -0.484 e. The fourth-order valence-electron chi connectivity index (χ4n) is 2.23. The number of benzene rings is 2. The molecule has 1 N–H and O–H groups in total. The normalized spacial score (nSPS) is 10.7. The van der Waals surface area contributed by atoms with Crippen LogP contribution in [0.25, 0.3) is 22.5 Å². The molecule has 124 valence electrons. The Morgan fingerprint density at radius 1 is 1.16 bits per heavy atom. The number of ether oxygens (including phenoxy) is 1. The van der Waals surface area contributed by atoms with Crippen LogP contribution in [0.5, 0.6) is 5.75 Å². The number of amides is 1. The van der Waals surface area contributed by atoms with Crippen LogP contribution >= 0.6 is 11.7 Å². The maximum atomic E-state index is 12.1. The monoisotopic (exact) mass is 353 g/mol. The van der Waals surface area contributed by atoms with Crippen LogP contribution in [-0.2, 0) is 4.79 Å². The molecule has 2 aromatic heterocycles. The minimum absolute atomic E-state index is 0.117. The summed E-state index contributed by atoms with van der Waals surface area (Å²) in [5.41, 5.74) is 2.81. The van der Waals surface area contributed by atoms with E-state index in [1.54, 1.807) is 30.3 Å². The number of anilines is 1. The molecule has 0 aliphatic rings. The van der Waals surface area contributed by atoms with Crippen molar-refractivity contribution < 1.29 is 13.9 Å². The van der Waals surface area contributed by atoms with Gasteiger partial charge in [0.25, 0.3) is 5.91 Å². The van der Waals surface area contributed by atoms with Crippen molar-refractivity contribution in [1.29, 1.82) is 0 Å². The highest BCUT2D eigenvalue weighted by Crippen LogP contribution is 2.22. The number of hydrogen-bond acceptors (Lipinski definition) is 8. The van der Waals surface area contributed by atoms with Crippen LogP contribution in [0.3, 0.4) is 0 Å². The Hall–Kier alpha value is -3.33. The largest absolute Gasteiger partial charge is 0.484 e. The van der Waals surface area contributed by atoms with Crippen molar-refractivity contribution in [3.63, 3.8) is 0 Å². The SMILES string of the molecule is O=C(COc1ccc(-c2nnco2)cc1)Nc1cccc2nsnc12. The van der Waals surface area contributed by atoms with Gasteiger partial charge < -0.3 is 14.5 Å². The van der Waals surface area contributed by atoms with E-state index in [9.17, 15) is 4.79 Å². The first kappa shape index (κ1) is 15.2. The number of rotatable bonds is 5. The van der Waals surface area contributed by atoms with Crippen LogP contribution < -0.4 is 10.1 Å². The van der Waals surface area contributed by atoms with Gasteiger partial charge in [0.05, 0.1) is 17.4 Å². The molecule has 8 nitrogen and oxygen atoms in total. The number of carbonyl (C=O) groups excluding carboxylic acids is 1. The fourth-order valence-corrected chi connectivity index (χ4v) is 2.78. The highest BCUT2D eigenvalue weighted by molar-refractivity contribution is 7.00. The summed E-state index contributed by atoms with van der Waals surface area (Å²) in [7, 11) is 0. The summed E-state index contributed by atoms with van der Waals surface area (Å²) in [6.07, 6.45) is 1.27. The van der Waals surface area contributed by atoms with Crippen LogP contribution in [0, 0.1) is 0 Å². The Bertz CT molecular complexity index is 998. The van der Waals surface area contributed by atoms with E-state index in [0.717, 1.165) is 22.8 Å². The summed E-state index contributed by atoms with van der Waals surface area (Å²) >= 11 is 1.10. The molecule has 0 aliphatic carbocycles. The lowest BCUT2D eigenvalue weighted by Gasteiger charge is -2.08. The molecule has 4 aromatic rings. The second-order valence-corrected chi connectivity index (χ2v) is 5.57. The molecule has 0 saturated carbocycles. The van der Waals surface area contributed by atoms with E-state index in [1.165, 1.54) is 6.39 Å². The summed E-state index contributed by atoms with van der Waals surface area (Å²) in [6, 6.07) is 12.5. The van der Waals surface area contributed by atoms with E-state index in [2.05, 4.69) is 24.3 Å². The van der Waals surface area contributed by atoms with Crippen molar-refractivity contribution in [3.8, 4) is 17.2 Å². The number of nitrogens with one attached hydrogen (secondary N) is 1. The molecular formula is C16H11N5O3S. The molecule has 2 heterocycles. The van der Waals surface area contributed by atoms with E-state index < -0.39 is 0 Å². The molecule has 9 heteroatoms. The van der Waals surface area contributed by atoms with Gasteiger partial charge >= 0.3 is 0 Å². The number of aromatic nitrogens is 4. The second kappa shape index (κ2) is 6.65. The maximum absolute atomic E-state index is 12.1. The smallest absolute Gasteiger partial charge is 0.262 e. The average Bonchev–Trinajstić information content (AvgIpc) is 3.32. The molecule has 2 aromatic carbocycles. The van der Waals surface area contributed by atoms with E-state index >= 15 is 0 Å². The van der Waals surface area contributed by atoms with Gasteiger partial charge in [0.15, 0.2) is 6.61 Å². The first-order valence-electron chi connectivity index (χ1n) is 7.30. The van der Waals surface area contributed by atoms with Crippen LogP contribution in [0.1, 0.15) is 0 Å².